The molecule has 4 unspecified atom stereocenters. The Hall–Kier alpha value is -5.22. The molecule has 11 heteroatoms. The van der Waals surface area contributed by atoms with E-state index in [1.165, 1.54) is 17.4 Å². The van der Waals surface area contributed by atoms with Crippen LogP contribution in [0.3, 0.4) is 0 Å². The minimum absolute atomic E-state index is 0.188. The Bertz CT molecular complexity index is 2200. The molecule has 0 amide bonds. The van der Waals surface area contributed by atoms with Gasteiger partial charge in [0.2, 0.25) is 5.95 Å². The number of nitrogens with one attached hydrogen (secondary N) is 4. The van der Waals surface area contributed by atoms with Gasteiger partial charge in [0, 0.05) is 97.0 Å². The van der Waals surface area contributed by atoms with Crippen molar-refractivity contribution in [3.05, 3.63) is 114 Å². The molecule has 4 aliphatic rings. The van der Waals surface area contributed by atoms with Crippen LogP contribution >= 0.6 is 11.6 Å². The van der Waals surface area contributed by atoms with Crippen molar-refractivity contribution in [3.8, 4) is 0 Å². The van der Waals surface area contributed by atoms with Crippen molar-refractivity contribution in [2.24, 2.45) is 18.9 Å². The van der Waals surface area contributed by atoms with Gasteiger partial charge in [-0.1, -0.05) is 37.9 Å². The molecular weight excluding hydrogens is 692 g/mol. The van der Waals surface area contributed by atoms with Gasteiger partial charge in [0.25, 0.3) is 0 Å². The maximum atomic E-state index is 6.69. The molecule has 0 spiro atoms. The summed E-state index contributed by atoms with van der Waals surface area (Å²) in [4.78, 5) is 14.2. The summed E-state index contributed by atoms with van der Waals surface area (Å²) in [5.41, 5.74) is 11.8. The van der Waals surface area contributed by atoms with Crippen LogP contribution in [0.2, 0.25) is 5.02 Å². The number of aromatic nitrogens is 4. The highest BCUT2D eigenvalue weighted by atomic mass is 35.5. The van der Waals surface area contributed by atoms with E-state index in [0.717, 1.165) is 114 Å². The molecule has 2 aromatic carbocycles. The number of benzene rings is 2. The number of allylic oxidation sites excluding steroid dienone is 4. The zero-order valence-electron chi connectivity index (χ0n) is 31.7. The van der Waals surface area contributed by atoms with Gasteiger partial charge in [-0.2, -0.15) is 10.1 Å². The van der Waals surface area contributed by atoms with Gasteiger partial charge in [-0.15, -0.1) is 0 Å². The monoisotopic (exact) mass is 742 g/mol. The first-order valence-corrected chi connectivity index (χ1v) is 19.5. The third-order valence-corrected chi connectivity index (χ3v) is 12.2. The Balaban J connectivity index is 0.923. The lowest BCUT2D eigenvalue weighted by molar-refractivity contribution is 0.281. The molecule has 280 valence electrons. The number of aryl methyl sites for hydroxylation is 1. The minimum Gasteiger partial charge on any atom is -0.392 e. The molecule has 0 bridgehead atoms. The number of hydrogen-bond donors (Lipinski definition) is 4. The first kappa shape index (κ1) is 35.8. The van der Waals surface area contributed by atoms with Crippen LogP contribution in [0, 0.1) is 11.8 Å². The molecular formula is C43H51ClN10. The smallest absolute Gasteiger partial charge is 0.227 e. The predicted molar refractivity (Wildman–Crippen MR) is 224 cm³/mol. The summed E-state index contributed by atoms with van der Waals surface area (Å²) in [5.74, 6) is 2.71. The fourth-order valence-corrected chi connectivity index (χ4v) is 8.95. The molecule has 0 radical (unpaired) electrons. The maximum Gasteiger partial charge on any atom is 0.227 e. The molecule has 3 aliphatic heterocycles. The normalized spacial score (nSPS) is 22.4. The van der Waals surface area contributed by atoms with Crippen LogP contribution in [-0.2, 0) is 7.05 Å². The summed E-state index contributed by atoms with van der Waals surface area (Å²) < 4.78 is 2.01. The molecule has 10 nitrogen and oxygen atoms in total. The zero-order chi connectivity index (χ0) is 37.7. The van der Waals surface area contributed by atoms with Crippen molar-refractivity contribution >= 4 is 57.4 Å². The maximum absolute atomic E-state index is 6.69. The van der Waals surface area contributed by atoms with Gasteiger partial charge < -0.3 is 31.1 Å². The van der Waals surface area contributed by atoms with E-state index >= 15 is 0 Å². The van der Waals surface area contributed by atoms with Crippen molar-refractivity contribution in [1.29, 1.82) is 0 Å². The number of hydrogen-bond acceptors (Lipinski definition) is 9. The van der Waals surface area contributed by atoms with E-state index in [9.17, 15) is 0 Å². The van der Waals surface area contributed by atoms with Crippen LogP contribution < -0.4 is 31.1 Å². The first-order valence-electron chi connectivity index (χ1n) is 19.1. The average molecular weight is 743 g/mol. The summed E-state index contributed by atoms with van der Waals surface area (Å²) in [5, 5.41) is 20.5. The summed E-state index contributed by atoms with van der Waals surface area (Å²) in [6.45, 7) is 18.7. The third-order valence-electron chi connectivity index (χ3n) is 11.9. The predicted octanol–water partition coefficient (Wildman–Crippen LogP) is 8.83. The number of rotatable bonds is 10. The Kier molecular flexibility index (Phi) is 9.64. The van der Waals surface area contributed by atoms with Crippen LogP contribution in [0.5, 0.6) is 0 Å². The van der Waals surface area contributed by atoms with E-state index in [0.29, 0.717) is 28.7 Å². The molecule has 54 heavy (non-hydrogen) atoms. The molecule has 5 heterocycles. The minimum atomic E-state index is 0.188. The summed E-state index contributed by atoms with van der Waals surface area (Å²) in [6.07, 6.45) is 11.0. The summed E-state index contributed by atoms with van der Waals surface area (Å²) >= 11 is 6.69. The lowest BCUT2D eigenvalue weighted by Gasteiger charge is -2.32. The highest BCUT2D eigenvalue weighted by Gasteiger charge is 2.39. The largest absolute Gasteiger partial charge is 0.392 e. The first-order chi connectivity index (χ1) is 26.0. The fourth-order valence-electron chi connectivity index (χ4n) is 8.81. The Labute approximate surface area is 323 Å². The van der Waals surface area contributed by atoms with Crippen molar-refractivity contribution in [2.75, 3.05) is 47.6 Å². The topological polar surface area (TPSA) is 98.2 Å². The van der Waals surface area contributed by atoms with Crippen LogP contribution in [0.1, 0.15) is 62.1 Å². The second kappa shape index (κ2) is 14.5. The third kappa shape index (κ3) is 6.95. The van der Waals surface area contributed by atoms with Crippen LogP contribution in [0.25, 0.3) is 17.0 Å². The van der Waals surface area contributed by atoms with E-state index in [1.807, 2.05) is 18.8 Å². The number of anilines is 5. The van der Waals surface area contributed by atoms with E-state index in [2.05, 4.69) is 107 Å². The Morgan fingerprint density at radius 2 is 1.83 bits per heavy atom. The van der Waals surface area contributed by atoms with Crippen LogP contribution in [-0.4, -0.2) is 53.0 Å². The van der Waals surface area contributed by atoms with Gasteiger partial charge in [-0.05, 0) is 105 Å². The van der Waals surface area contributed by atoms with Gasteiger partial charge in [-0.3, -0.25) is 4.68 Å². The highest BCUT2D eigenvalue weighted by Crippen LogP contribution is 2.41. The molecule has 4 N–H and O–H groups in total. The van der Waals surface area contributed by atoms with E-state index in [1.54, 1.807) is 6.20 Å². The van der Waals surface area contributed by atoms with E-state index in [-0.39, 0.29) is 5.92 Å². The second-order valence-corrected chi connectivity index (χ2v) is 15.9. The molecule has 4 atom stereocenters. The summed E-state index contributed by atoms with van der Waals surface area (Å²) in [7, 11) is 6.01. The van der Waals surface area contributed by atoms with Crippen LogP contribution in [0.4, 0.5) is 28.8 Å². The quantitative estimate of drug-likeness (QED) is 0.127. The average Bonchev–Trinajstić information content (AvgIpc) is 3.73. The van der Waals surface area contributed by atoms with E-state index < -0.39 is 0 Å². The van der Waals surface area contributed by atoms with Gasteiger partial charge in [0.1, 0.15) is 5.02 Å². The molecule has 2 aromatic heterocycles. The number of fused-ring (bicyclic) bond motifs is 3. The number of halogens is 1. The number of likely N-dealkylation sites (N-methyl/N-ethyl adjacent to an activating group) is 1. The van der Waals surface area contributed by atoms with Crippen molar-refractivity contribution in [2.45, 2.75) is 56.9 Å². The van der Waals surface area contributed by atoms with Crippen molar-refractivity contribution in [1.82, 2.24) is 30.4 Å². The number of nitrogens with zero attached hydrogens (tertiary/aromatic N) is 6. The molecule has 8 rings (SSSR count). The zero-order valence-corrected chi connectivity index (χ0v) is 32.4. The van der Waals surface area contributed by atoms with Gasteiger partial charge in [0.05, 0.1) is 17.4 Å². The Morgan fingerprint density at radius 3 is 2.65 bits per heavy atom. The van der Waals surface area contributed by atoms with Gasteiger partial charge >= 0.3 is 0 Å². The van der Waals surface area contributed by atoms with E-state index in [4.69, 9.17) is 26.7 Å². The molecule has 1 aliphatic carbocycles. The highest BCUT2D eigenvalue weighted by molar-refractivity contribution is 6.32. The van der Waals surface area contributed by atoms with Crippen molar-refractivity contribution < 1.29 is 0 Å². The fraction of sp³-hybridized carbons (Fsp3) is 0.372. The van der Waals surface area contributed by atoms with Crippen molar-refractivity contribution in [3.63, 3.8) is 0 Å². The molecule has 2 saturated heterocycles. The lowest BCUT2D eigenvalue weighted by Crippen LogP contribution is -2.32. The SMILES string of the molecule is C=C(CCC1=Cc2cc(Nc3nc(N4CC5CCC(Nc6ccc7c(C8CCC(=C)NC8=C)nn(C)c7c6)CC5C4)ncc3Cl)ccc2N(C)C1=C)NC. The Morgan fingerprint density at radius 1 is 1.02 bits per heavy atom. The molecule has 3 fully saturated rings. The molecule has 4 aromatic rings. The lowest BCUT2D eigenvalue weighted by atomic mass is 9.79. The second-order valence-electron chi connectivity index (χ2n) is 15.5. The van der Waals surface area contributed by atoms with Crippen LogP contribution in [0.15, 0.2) is 97.3 Å². The molecule has 1 saturated carbocycles. The number of piperidine rings is 1. The standard InChI is InChI=1S/C43H51ClN10/c1-25(45-5)8-10-29-18-31-19-34(14-17-39(31)52(6)28(29)4)49-42-38(44)22-46-43(50-42)54-23-30-11-12-33(20-32(30)24-54)48-35-13-16-37-40(21-35)53(7)51-41(37)36-15-9-26(2)47-27(36)3/h13-14,16-19,21-22,30,32-33,36,45,47-48H,1-4,8-12,15,20,23-24H2,5-7H3,(H,46,49,50). The van der Waals surface area contributed by atoms with Gasteiger partial charge in [-0.25, -0.2) is 4.98 Å². The summed E-state index contributed by atoms with van der Waals surface area (Å²) in [6, 6.07) is 13.4. The van der Waals surface area contributed by atoms with Gasteiger partial charge in [0.15, 0.2) is 5.82 Å².